The second-order valence-corrected chi connectivity index (χ2v) is 10.8. The Kier molecular flexibility index (Phi) is 17.4. The molecular formula is C31H52O8. The van der Waals surface area contributed by atoms with Crippen LogP contribution in [0, 0.1) is 0 Å². The van der Waals surface area contributed by atoms with Gasteiger partial charge in [-0.3, -0.25) is 4.79 Å². The molecule has 224 valence electrons. The molecule has 1 saturated heterocycles. The van der Waals surface area contributed by atoms with Gasteiger partial charge in [-0.2, -0.15) is 0 Å². The molecule has 1 fully saturated rings. The van der Waals surface area contributed by atoms with E-state index in [1.54, 1.807) is 24.3 Å². The standard InChI is InChI=1S/C31H52O8/c1-2-3-4-5-6-7-8-9-10-11-12-13-14-15-16-21-27(33)37-23-24-19-17-18-20-25(24)38-31-30(36)29(35)28(34)26(22-32)39-31/h17-20,26,28-32,34-36H,2-16,21-23H2,1H3/t26-,28-,29+,30-,31-/m1/s1. The molecule has 2 rings (SSSR count). The molecule has 0 amide bonds. The Morgan fingerprint density at radius 3 is 1.87 bits per heavy atom. The molecule has 0 radical (unpaired) electrons. The molecule has 0 saturated carbocycles. The highest BCUT2D eigenvalue weighted by molar-refractivity contribution is 5.69. The largest absolute Gasteiger partial charge is 0.462 e. The second kappa shape index (κ2) is 20.2. The summed E-state index contributed by atoms with van der Waals surface area (Å²) in [6, 6.07) is 6.87. The van der Waals surface area contributed by atoms with Gasteiger partial charge < -0.3 is 34.6 Å². The van der Waals surface area contributed by atoms with Crippen LogP contribution in [0.15, 0.2) is 24.3 Å². The molecule has 8 heteroatoms. The van der Waals surface area contributed by atoms with Gasteiger partial charge in [0.05, 0.1) is 6.61 Å². The lowest BCUT2D eigenvalue weighted by molar-refractivity contribution is -0.277. The SMILES string of the molecule is CCCCCCCCCCCCCCCCCC(=O)OCc1ccccc1O[C@@H]1O[C@H](CO)[C@@H](O)[C@H](O)[C@H]1O. The Balaban J connectivity index is 1.55. The fourth-order valence-corrected chi connectivity index (χ4v) is 4.90. The van der Waals surface area contributed by atoms with E-state index in [1.807, 2.05) is 0 Å². The van der Waals surface area contributed by atoms with E-state index in [4.69, 9.17) is 14.2 Å². The first-order valence-corrected chi connectivity index (χ1v) is 15.2. The Bertz CT molecular complexity index is 771. The third kappa shape index (κ3) is 13.0. The number of esters is 1. The number of hydrogen-bond acceptors (Lipinski definition) is 8. The molecule has 0 bridgehead atoms. The summed E-state index contributed by atoms with van der Waals surface area (Å²) in [7, 11) is 0. The first kappa shape index (κ1) is 33.5. The van der Waals surface area contributed by atoms with Crippen molar-refractivity contribution in [2.75, 3.05) is 6.61 Å². The minimum Gasteiger partial charge on any atom is -0.462 e. The van der Waals surface area contributed by atoms with Gasteiger partial charge in [0, 0.05) is 12.0 Å². The first-order valence-electron chi connectivity index (χ1n) is 15.2. The minimum atomic E-state index is -1.53. The van der Waals surface area contributed by atoms with Crippen molar-refractivity contribution >= 4 is 5.97 Å². The van der Waals surface area contributed by atoms with Gasteiger partial charge in [0.25, 0.3) is 0 Å². The van der Waals surface area contributed by atoms with Crippen molar-refractivity contribution in [2.24, 2.45) is 0 Å². The van der Waals surface area contributed by atoms with Crippen molar-refractivity contribution < 1.29 is 39.4 Å². The number of hydrogen-bond donors (Lipinski definition) is 4. The van der Waals surface area contributed by atoms with Crippen molar-refractivity contribution in [2.45, 2.75) is 147 Å². The van der Waals surface area contributed by atoms with E-state index in [2.05, 4.69) is 6.92 Å². The third-order valence-corrected chi connectivity index (χ3v) is 7.44. The van der Waals surface area contributed by atoms with E-state index >= 15 is 0 Å². The van der Waals surface area contributed by atoms with E-state index in [0.29, 0.717) is 17.7 Å². The lowest BCUT2D eigenvalue weighted by Gasteiger charge is -2.39. The number of carbonyl (C=O) groups is 1. The van der Waals surface area contributed by atoms with Crippen LogP contribution in [0.4, 0.5) is 0 Å². The number of aliphatic hydroxyl groups is 4. The molecule has 39 heavy (non-hydrogen) atoms. The van der Waals surface area contributed by atoms with Crippen LogP contribution >= 0.6 is 0 Å². The van der Waals surface area contributed by atoms with Gasteiger partial charge >= 0.3 is 5.97 Å². The average Bonchev–Trinajstić information content (AvgIpc) is 2.94. The minimum absolute atomic E-state index is 0.00513. The van der Waals surface area contributed by atoms with Crippen LogP contribution in [-0.4, -0.2) is 63.7 Å². The maximum absolute atomic E-state index is 12.2. The summed E-state index contributed by atoms with van der Waals surface area (Å²) >= 11 is 0. The highest BCUT2D eigenvalue weighted by Crippen LogP contribution is 2.27. The van der Waals surface area contributed by atoms with E-state index in [1.165, 1.54) is 77.0 Å². The molecule has 8 nitrogen and oxygen atoms in total. The van der Waals surface area contributed by atoms with E-state index in [0.717, 1.165) is 19.3 Å². The van der Waals surface area contributed by atoms with Crippen LogP contribution in [0.5, 0.6) is 5.75 Å². The van der Waals surface area contributed by atoms with Crippen LogP contribution in [0.3, 0.4) is 0 Å². The van der Waals surface area contributed by atoms with Crippen molar-refractivity contribution in [1.82, 2.24) is 0 Å². The highest BCUT2D eigenvalue weighted by Gasteiger charge is 2.44. The predicted octanol–water partition coefficient (Wildman–Crippen LogP) is 5.17. The number of aliphatic hydroxyl groups excluding tert-OH is 4. The van der Waals surface area contributed by atoms with Gasteiger partial charge in [0.15, 0.2) is 0 Å². The van der Waals surface area contributed by atoms with Crippen LogP contribution in [-0.2, 0) is 20.9 Å². The topological polar surface area (TPSA) is 126 Å². The summed E-state index contributed by atoms with van der Waals surface area (Å²) in [5, 5.41) is 39.5. The maximum atomic E-state index is 12.2. The molecule has 1 heterocycles. The number of rotatable bonds is 21. The van der Waals surface area contributed by atoms with Crippen LogP contribution in [0.2, 0.25) is 0 Å². The normalized spacial score (nSPS) is 23.1. The zero-order valence-corrected chi connectivity index (χ0v) is 23.8. The van der Waals surface area contributed by atoms with Gasteiger partial charge in [0.1, 0.15) is 36.8 Å². The summed E-state index contributed by atoms with van der Waals surface area (Å²) in [5.41, 5.74) is 0.583. The van der Waals surface area contributed by atoms with E-state index < -0.39 is 37.3 Å². The lowest BCUT2D eigenvalue weighted by Crippen LogP contribution is -2.60. The smallest absolute Gasteiger partial charge is 0.306 e. The molecule has 1 aromatic carbocycles. The number of carbonyl (C=O) groups excluding carboxylic acids is 1. The first-order chi connectivity index (χ1) is 19.0. The summed E-state index contributed by atoms with van der Waals surface area (Å²) < 4.78 is 16.6. The number of ether oxygens (including phenoxy) is 3. The van der Waals surface area contributed by atoms with Crippen molar-refractivity contribution in [3.8, 4) is 5.75 Å². The number of benzene rings is 1. The molecule has 5 atom stereocenters. The fourth-order valence-electron chi connectivity index (χ4n) is 4.90. The summed E-state index contributed by atoms with van der Waals surface area (Å²) in [4.78, 5) is 12.2. The van der Waals surface area contributed by atoms with Gasteiger partial charge in [-0.25, -0.2) is 0 Å². The zero-order chi connectivity index (χ0) is 28.3. The van der Waals surface area contributed by atoms with Gasteiger partial charge in [-0.1, -0.05) is 115 Å². The van der Waals surface area contributed by atoms with Crippen LogP contribution in [0.1, 0.15) is 115 Å². The molecule has 0 aromatic heterocycles. The van der Waals surface area contributed by atoms with Gasteiger partial charge in [-0.15, -0.1) is 0 Å². The predicted molar refractivity (Wildman–Crippen MR) is 150 cm³/mol. The summed E-state index contributed by atoms with van der Waals surface area (Å²) in [5.74, 6) is 0.0499. The van der Waals surface area contributed by atoms with Crippen molar-refractivity contribution in [1.29, 1.82) is 0 Å². The Labute approximate surface area is 234 Å². The van der Waals surface area contributed by atoms with Crippen molar-refractivity contribution in [3.63, 3.8) is 0 Å². The zero-order valence-electron chi connectivity index (χ0n) is 23.8. The van der Waals surface area contributed by atoms with Crippen LogP contribution in [0.25, 0.3) is 0 Å². The Morgan fingerprint density at radius 2 is 1.31 bits per heavy atom. The Hall–Kier alpha value is -1.71. The third-order valence-electron chi connectivity index (χ3n) is 7.44. The van der Waals surface area contributed by atoms with E-state index in [-0.39, 0.29) is 12.6 Å². The number of para-hydroxylation sites is 1. The maximum Gasteiger partial charge on any atom is 0.306 e. The molecule has 0 aliphatic carbocycles. The molecule has 1 aliphatic rings. The average molecular weight is 553 g/mol. The molecule has 0 unspecified atom stereocenters. The highest BCUT2D eigenvalue weighted by atomic mass is 16.7. The number of unbranched alkanes of at least 4 members (excludes halogenated alkanes) is 14. The van der Waals surface area contributed by atoms with Crippen LogP contribution < -0.4 is 4.74 Å². The lowest BCUT2D eigenvalue weighted by atomic mass is 9.99. The Morgan fingerprint density at radius 1 is 0.769 bits per heavy atom. The van der Waals surface area contributed by atoms with E-state index in [9.17, 15) is 25.2 Å². The monoisotopic (exact) mass is 552 g/mol. The molecule has 1 aromatic rings. The summed E-state index contributed by atoms with van der Waals surface area (Å²) in [6.45, 7) is 1.73. The van der Waals surface area contributed by atoms with Crippen molar-refractivity contribution in [3.05, 3.63) is 29.8 Å². The summed E-state index contributed by atoms with van der Waals surface area (Å²) in [6.07, 6.45) is 12.6. The molecule has 4 N–H and O–H groups in total. The second-order valence-electron chi connectivity index (χ2n) is 10.8. The fraction of sp³-hybridized carbons (Fsp3) is 0.774. The van der Waals surface area contributed by atoms with Gasteiger partial charge in [0.2, 0.25) is 6.29 Å². The molecular weight excluding hydrogens is 500 g/mol. The molecule has 0 spiro atoms. The quantitative estimate of drug-likeness (QED) is 0.122. The van der Waals surface area contributed by atoms with Gasteiger partial charge in [-0.05, 0) is 12.5 Å². The molecule has 1 aliphatic heterocycles.